The maximum Gasteiger partial charge on any atom is 0.230 e. The van der Waals surface area contributed by atoms with Crippen LogP contribution in [-0.4, -0.2) is 17.7 Å². The average molecular weight is 325 g/mol. The van der Waals surface area contributed by atoms with Gasteiger partial charge < -0.3 is 5.32 Å². The minimum Gasteiger partial charge on any atom is -0.353 e. The van der Waals surface area contributed by atoms with E-state index in [1.165, 1.54) is 18.4 Å². The highest BCUT2D eigenvalue weighted by molar-refractivity contribution is 8.00. The zero-order chi connectivity index (χ0) is 15.9. The number of carbonyl (C=O) groups excluding carboxylic acids is 1. The van der Waals surface area contributed by atoms with E-state index in [9.17, 15) is 4.79 Å². The highest BCUT2D eigenvalue weighted by atomic mass is 32.2. The van der Waals surface area contributed by atoms with Crippen molar-refractivity contribution in [2.24, 2.45) is 0 Å². The van der Waals surface area contributed by atoms with Crippen LogP contribution in [0.3, 0.4) is 0 Å². The number of hydrogen-bond donors (Lipinski definition) is 1. The van der Waals surface area contributed by atoms with Crippen LogP contribution in [0.5, 0.6) is 0 Å². The Hall–Kier alpha value is -1.74. The minimum absolute atomic E-state index is 0.155. The molecule has 2 aromatic rings. The summed E-state index contributed by atoms with van der Waals surface area (Å²) in [6.07, 6.45) is 4.50. The largest absolute Gasteiger partial charge is 0.353 e. The number of thioether (sulfide) groups is 1. The predicted molar refractivity (Wildman–Crippen MR) is 96.7 cm³/mol. The van der Waals surface area contributed by atoms with Crippen molar-refractivity contribution in [1.29, 1.82) is 0 Å². The monoisotopic (exact) mass is 325 g/mol. The molecule has 1 N–H and O–H groups in total. The smallest absolute Gasteiger partial charge is 0.230 e. The summed E-state index contributed by atoms with van der Waals surface area (Å²) in [4.78, 5) is 13.3. The molecule has 1 aliphatic carbocycles. The Morgan fingerprint density at radius 1 is 0.913 bits per heavy atom. The van der Waals surface area contributed by atoms with Gasteiger partial charge in [0, 0.05) is 10.9 Å². The minimum atomic E-state index is 0.155. The first kappa shape index (κ1) is 16.1. The fraction of sp³-hybridized carbons (Fsp3) is 0.350. The van der Waals surface area contributed by atoms with Gasteiger partial charge >= 0.3 is 0 Å². The topological polar surface area (TPSA) is 29.1 Å². The van der Waals surface area contributed by atoms with Crippen LogP contribution in [0.2, 0.25) is 0 Å². The molecule has 1 amide bonds. The number of nitrogens with one attached hydrogen (secondary N) is 1. The van der Waals surface area contributed by atoms with Gasteiger partial charge in [0.15, 0.2) is 0 Å². The molecule has 1 aliphatic rings. The number of carbonyl (C=O) groups is 1. The van der Waals surface area contributed by atoms with Gasteiger partial charge in [0.05, 0.1) is 5.75 Å². The molecule has 1 fully saturated rings. The summed E-state index contributed by atoms with van der Waals surface area (Å²) >= 11 is 1.60. The van der Waals surface area contributed by atoms with Crippen molar-refractivity contribution in [3.8, 4) is 0 Å². The van der Waals surface area contributed by atoms with Crippen LogP contribution in [0.15, 0.2) is 65.6 Å². The van der Waals surface area contributed by atoms with Gasteiger partial charge in [0.2, 0.25) is 5.91 Å². The first-order valence-corrected chi connectivity index (χ1v) is 9.32. The molecule has 0 spiro atoms. The van der Waals surface area contributed by atoms with Crippen molar-refractivity contribution in [3.63, 3.8) is 0 Å². The number of rotatable bonds is 5. The van der Waals surface area contributed by atoms with Crippen LogP contribution in [0.4, 0.5) is 0 Å². The maximum atomic E-state index is 12.1. The fourth-order valence-corrected chi connectivity index (χ4v) is 3.96. The number of amides is 1. The molecule has 0 aromatic heterocycles. The van der Waals surface area contributed by atoms with Gasteiger partial charge in [-0.3, -0.25) is 4.79 Å². The average Bonchev–Trinajstić information content (AvgIpc) is 2.62. The Morgan fingerprint density at radius 2 is 1.52 bits per heavy atom. The molecule has 2 aromatic carbocycles. The lowest BCUT2D eigenvalue weighted by molar-refractivity contribution is -0.119. The summed E-state index contributed by atoms with van der Waals surface area (Å²) in [5.74, 6) is 1.31. The van der Waals surface area contributed by atoms with Gasteiger partial charge in [-0.15, -0.1) is 11.8 Å². The highest BCUT2D eigenvalue weighted by Crippen LogP contribution is 2.32. The van der Waals surface area contributed by atoms with Gasteiger partial charge in [0.25, 0.3) is 0 Å². The zero-order valence-electron chi connectivity index (χ0n) is 13.3. The van der Waals surface area contributed by atoms with Crippen LogP contribution in [0, 0.1) is 0 Å². The lowest BCUT2D eigenvalue weighted by Gasteiger charge is -2.29. The summed E-state index contributed by atoms with van der Waals surface area (Å²) in [5.41, 5.74) is 1.44. The highest BCUT2D eigenvalue weighted by Gasteiger charge is 2.23. The summed E-state index contributed by atoms with van der Waals surface area (Å²) < 4.78 is 0. The standard InChI is InChI=1S/C20H23NOS/c22-20(15-23-19-9-5-2-6-10-19)21-18-13-11-17(12-14-18)16-7-3-1-4-8-16/h1-10,17-18H,11-15H2,(H,21,22). The molecule has 0 radical (unpaired) electrons. The Kier molecular flexibility index (Phi) is 5.76. The number of hydrogen-bond acceptors (Lipinski definition) is 2. The summed E-state index contributed by atoms with van der Waals surface area (Å²) in [7, 11) is 0. The van der Waals surface area contributed by atoms with Gasteiger partial charge in [-0.05, 0) is 49.3 Å². The van der Waals surface area contributed by atoms with E-state index in [2.05, 4.69) is 35.6 Å². The Bertz CT molecular complexity index is 606. The number of benzene rings is 2. The lowest BCUT2D eigenvalue weighted by Crippen LogP contribution is -2.38. The molecule has 0 bridgehead atoms. The zero-order valence-corrected chi connectivity index (χ0v) is 14.1. The van der Waals surface area contributed by atoms with E-state index in [1.54, 1.807) is 11.8 Å². The van der Waals surface area contributed by atoms with Crippen LogP contribution in [0.1, 0.15) is 37.2 Å². The van der Waals surface area contributed by atoms with Crippen LogP contribution in [-0.2, 0) is 4.79 Å². The molecule has 0 saturated heterocycles. The van der Waals surface area contributed by atoms with Gasteiger partial charge in [-0.25, -0.2) is 0 Å². The van der Waals surface area contributed by atoms with E-state index in [4.69, 9.17) is 0 Å². The van der Waals surface area contributed by atoms with Gasteiger partial charge in [-0.2, -0.15) is 0 Å². The fourth-order valence-electron chi connectivity index (χ4n) is 3.23. The third kappa shape index (κ3) is 4.87. The van der Waals surface area contributed by atoms with E-state index >= 15 is 0 Å². The van der Waals surface area contributed by atoms with Crippen molar-refractivity contribution < 1.29 is 4.79 Å². The van der Waals surface area contributed by atoms with Crippen molar-refractivity contribution >= 4 is 17.7 Å². The van der Waals surface area contributed by atoms with Crippen molar-refractivity contribution in [3.05, 3.63) is 66.2 Å². The second-order valence-electron chi connectivity index (χ2n) is 6.13. The van der Waals surface area contributed by atoms with Crippen molar-refractivity contribution in [2.75, 3.05) is 5.75 Å². The summed E-state index contributed by atoms with van der Waals surface area (Å²) in [5, 5.41) is 3.20. The molecule has 0 unspecified atom stereocenters. The normalized spacial score (nSPS) is 20.9. The van der Waals surface area contributed by atoms with E-state index in [0.29, 0.717) is 17.7 Å². The van der Waals surface area contributed by atoms with Crippen LogP contribution in [0.25, 0.3) is 0 Å². The summed E-state index contributed by atoms with van der Waals surface area (Å²) in [6, 6.07) is 21.2. The summed E-state index contributed by atoms with van der Waals surface area (Å²) in [6.45, 7) is 0. The second-order valence-corrected chi connectivity index (χ2v) is 7.18. The van der Waals surface area contributed by atoms with Crippen molar-refractivity contribution in [1.82, 2.24) is 5.32 Å². The Balaban J connectivity index is 1.41. The predicted octanol–water partition coefficient (Wildman–Crippen LogP) is 4.62. The van der Waals surface area contributed by atoms with E-state index in [-0.39, 0.29) is 5.91 Å². The third-order valence-electron chi connectivity index (χ3n) is 4.48. The molecule has 3 rings (SSSR count). The van der Waals surface area contributed by atoms with E-state index in [1.807, 2.05) is 30.3 Å². The first-order chi connectivity index (χ1) is 11.3. The van der Waals surface area contributed by atoms with E-state index < -0.39 is 0 Å². The molecular formula is C20H23NOS. The first-order valence-electron chi connectivity index (χ1n) is 8.33. The molecule has 0 atom stereocenters. The molecule has 1 saturated carbocycles. The Labute approximate surface area is 142 Å². The SMILES string of the molecule is O=C(CSc1ccccc1)NC1CCC(c2ccccc2)CC1. The lowest BCUT2D eigenvalue weighted by atomic mass is 9.82. The molecule has 2 nitrogen and oxygen atoms in total. The molecule has 3 heteroatoms. The van der Waals surface area contributed by atoms with Crippen LogP contribution >= 0.6 is 11.8 Å². The second kappa shape index (κ2) is 8.21. The van der Waals surface area contributed by atoms with Gasteiger partial charge in [0.1, 0.15) is 0 Å². The molecule has 23 heavy (non-hydrogen) atoms. The quantitative estimate of drug-likeness (QED) is 0.813. The van der Waals surface area contributed by atoms with Gasteiger partial charge in [-0.1, -0.05) is 48.5 Å². The van der Waals surface area contributed by atoms with Crippen LogP contribution < -0.4 is 5.32 Å². The Morgan fingerprint density at radius 3 is 2.17 bits per heavy atom. The molecule has 0 heterocycles. The van der Waals surface area contributed by atoms with E-state index in [0.717, 1.165) is 17.7 Å². The van der Waals surface area contributed by atoms with Crippen molar-refractivity contribution in [2.45, 2.75) is 42.5 Å². The molecule has 120 valence electrons. The third-order valence-corrected chi connectivity index (χ3v) is 5.49. The molecule has 0 aliphatic heterocycles. The molecular weight excluding hydrogens is 302 g/mol. The maximum absolute atomic E-state index is 12.1.